The van der Waals surface area contributed by atoms with Crippen LogP contribution in [0.4, 0.5) is 0 Å². The van der Waals surface area contributed by atoms with Crippen molar-refractivity contribution < 1.29 is 14.3 Å². The lowest BCUT2D eigenvalue weighted by molar-refractivity contribution is -0.139. The van der Waals surface area contributed by atoms with Gasteiger partial charge in [-0.25, -0.2) is 4.79 Å². The van der Waals surface area contributed by atoms with E-state index in [0.29, 0.717) is 30.7 Å². The molecular formula is C13H21NO3. The molecule has 4 heteroatoms. The minimum atomic E-state index is -0.302. The minimum absolute atomic E-state index is 0.0801. The van der Waals surface area contributed by atoms with Gasteiger partial charge in [0, 0.05) is 17.7 Å². The van der Waals surface area contributed by atoms with Gasteiger partial charge in [-0.1, -0.05) is 12.2 Å². The highest BCUT2D eigenvalue weighted by molar-refractivity contribution is 5.92. The molecule has 96 valence electrons. The molecule has 0 bridgehead atoms. The van der Waals surface area contributed by atoms with Crippen LogP contribution in [0, 0.1) is 0 Å². The highest BCUT2D eigenvalue weighted by Gasteiger charge is 2.04. The monoisotopic (exact) mass is 239 g/mol. The summed E-state index contributed by atoms with van der Waals surface area (Å²) < 4.78 is 4.99. The Labute approximate surface area is 103 Å². The molecule has 0 aromatic heterocycles. The Bertz CT molecular complexity index is 298. The molecule has 0 aromatic rings. The van der Waals surface area contributed by atoms with Crippen molar-refractivity contribution in [2.24, 2.45) is 0 Å². The topological polar surface area (TPSA) is 55.4 Å². The maximum atomic E-state index is 11.3. The summed E-state index contributed by atoms with van der Waals surface area (Å²) in [7, 11) is 0. The van der Waals surface area contributed by atoms with Crippen molar-refractivity contribution in [3.05, 3.63) is 23.3 Å². The fraction of sp³-hybridized carbons (Fsp3) is 0.538. The number of rotatable bonds is 6. The second-order valence-electron chi connectivity index (χ2n) is 3.69. The number of allylic oxidation sites excluding steroid dienone is 2. The van der Waals surface area contributed by atoms with Crippen molar-refractivity contribution >= 4 is 11.9 Å². The number of ether oxygens (including phenoxy) is 1. The van der Waals surface area contributed by atoms with Crippen molar-refractivity contribution in [2.45, 2.75) is 34.1 Å². The van der Waals surface area contributed by atoms with Gasteiger partial charge in [0.2, 0.25) is 5.91 Å². The summed E-state index contributed by atoms with van der Waals surface area (Å²) in [4.78, 5) is 22.6. The van der Waals surface area contributed by atoms with Gasteiger partial charge >= 0.3 is 5.97 Å². The minimum Gasteiger partial charge on any atom is -0.462 e. The van der Waals surface area contributed by atoms with E-state index in [1.165, 1.54) is 0 Å². The molecule has 0 aliphatic rings. The average Bonchev–Trinajstić information content (AvgIpc) is 2.35. The van der Waals surface area contributed by atoms with Gasteiger partial charge in [-0.05, 0) is 34.1 Å². The van der Waals surface area contributed by atoms with Gasteiger partial charge < -0.3 is 10.1 Å². The molecule has 1 amide bonds. The number of hydrogen-bond acceptors (Lipinski definition) is 3. The van der Waals surface area contributed by atoms with Gasteiger partial charge in [0.25, 0.3) is 0 Å². The van der Waals surface area contributed by atoms with Crippen LogP contribution >= 0.6 is 0 Å². The first-order valence-corrected chi connectivity index (χ1v) is 5.74. The SMILES string of the molecule is C/C=C(\C)C(=O)NCCCOC(=O)/C(C)=C/C. The second-order valence-corrected chi connectivity index (χ2v) is 3.69. The summed E-state index contributed by atoms with van der Waals surface area (Å²) >= 11 is 0. The molecular weight excluding hydrogens is 218 g/mol. The van der Waals surface area contributed by atoms with Crippen LogP contribution in [0.2, 0.25) is 0 Å². The van der Waals surface area contributed by atoms with Gasteiger partial charge in [0.1, 0.15) is 0 Å². The number of carbonyl (C=O) groups is 2. The summed E-state index contributed by atoms with van der Waals surface area (Å²) in [5, 5.41) is 2.74. The second kappa shape index (κ2) is 8.56. The third kappa shape index (κ3) is 6.56. The van der Waals surface area contributed by atoms with E-state index < -0.39 is 0 Å². The fourth-order valence-corrected chi connectivity index (χ4v) is 0.941. The van der Waals surface area contributed by atoms with Crippen LogP contribution in [0.25, 0.3) is 0 Å². The standard InChI is InChI=1S/C13H21NO3/c1-5-10(3)12(15)14-8-7-9-17-13(16)11(4)6-2/h5-6H,7-9H2,1-4H3,(H,14,15)/b10-5+,11-6+. The normalized spacial score (nSPS) is 12.2. The van der Waals surface area contributed by atoms with Crippen LogP contribution in [0.3, 0.4) is 0 Å². The third-order valence-corrected chi connectivity index (χ3v) is 2.39. The summed E-state index contributed by atoms with van der Waals surface area (Å²) in [6, 6.07) is 0. The molecule has 0 radical (unpaired) electrons. The molecule has 4 nitrogen and oxygen atoms in total. The highest BCUT2D eigenvalue weighted by atomic mass is 16.5. The molecule has 0 unspecified atom stereocenters. The van der Waals surface area contributed by atoms with Crippen LogP contribution in [-0.2, 0) is 14.3 Å². The zero-order valence-corrected chi connectivity index (χ0v) is 11.0. The van der Waals surface area contributed by atoms with E-state index >= 15 is 0 Å². The lowest BCUT2D eigenvalue weighted by Crippen LogP contribution is -2.26. The first-order chi connectivity index (χ1) is 8.02. The Balaban J connectivity index is 3.67. The zero-order valence-electron chi connectivity index (χ0n) is 11.0. The van der Waals surface area contributed by atoms with E-state index in [1.54, 1.807) is 32.9 Å². The Morgan fingerprint density at radius 3 is 2.24 bits per heavy atom. The van der Waals surface area contributed by atoms with Crippen LogP contribution < -0.4 is 5.32 Å². The van der Waals surface area contributed by atoms with Gasteiger partial charge in [-0.3, -0.25) is 4.79 Å². The van der Waals surface area contributed by atoms with E-state index in [9.17, 15) is 9.59 Å². The third-order valence-electron chi connectivity index (χ3n) is 2.39. The molecule has 0 rings (SSSR count). The number of hydrogen-bond donors (Lipinski definition) is 1. The van der Waals surface area contributed by atoms with E-state index in [4.69, 9.17) is 4.74 Å². The molecule has 0 aliphatic carbocycles. The lowest BCUT2D eigenvalue weighted by Gasteiger charge is -2.06. The van der Waals surface area contributed by atoms with Crippen LogP contribution in [0.5, 0.6) is 0 Å². The van der Waals surface area contributed by atoms with Crippen LogP contribution in [-0.4, -0.2) is 25.0 Å². The van der Waals surface area contributed by atoms with E-state index in [0.717, 1.165) is 0 Å². The molecule has 0 heterocycles. The lowest BCUT2D eigenvalue weighted by atomic mass is 10.2. The summed E-state index contributed by atoms with van der Waals surface area (Å²) in [5.41, 5.74) is 1.28. The predicted octanol–water partition coefficient (Wildman–Crippen LogP) is 1.97. The molecule has 0 atom stereocenters. The first kappa shape index (κ1) is 15.4. The molecule has 0 saturated carbocycles. The van der Waals surface area contributed by atoms with Gasteiger partial charge in [-0.2, -0.15) is 0 Å². The highest BCUT2D eigenvalue weighted by Crippen LogP contribution is 1.96. The Morgan fingerprint density at radius 1 is 1.12 bits per heavy atom. The largest absolute Gasteiger partial charge is 0.462 e. The number of amides is 1. The maximum Gasteiger partial charge on any atom is 0.333 e. The van der Waals surface area contributed by atoms with E-state index in [-0.39, 0.29) is 11.9 Å². The van der Waals surface area contributed by atoms with Gasteiger partial charge in [0.05, 0.1) is 6.61 Å². The van der Waals surface area contributed by atoms with Gasteiger partial charge in [0.15, 0.2) is 0 Å². The number of nitrogens with one attached hydrogen (secondary N) is 1. The predicted molar refractivity (Wildman–Crippen MR) is 67.4 cm³/mol. The molecule has 0 saturated heterocycles. The Hall–Kier alpha value is -1.58. The molecule has 0 fully saturated rings. The van der Waals surface area contributed by atoms with Crippen LogP contribution in [0.1, 0.15) is 34.1 Å². The zero-order chi connectivity index (χ0) is 13.3. The van der Waals surface area contributed by atoms with Crippen molar-refractivity contribution in [1.82, 2.24) is 5.32 Å². The first-order valence-electron chi connectivity index (χ1n) is 5.74. The van der Waals surface area contributed by atoms with E-state index in [1.807, 2.05) is 6.92 Å². The van der Waals surface area contributed by atoms with Crippen molar-refractivity contribution in [3.63, 3.8) is 0 Å². The molecule has 0 aromatic carbocycles. The molecule has 0 spiro atoms. The Morgan fingerprint density at radius 2 is 1.71 bits per heavy atom. The number of carbonyl (C=O) groups excluding carboxylic acids is 2. The molecule has 17 heavy (non-hydrogen) atoms. The summed E-state index contributed by atoms with van der Waals surface area (Å²) in [5.74, 6) is -0.382. The molecule has 0 aliphatic heterocycles. The maximum absolute atomic E-state index is 11.3. The summed E-state index contributed by atoms with van der Waals surface area (Å²) in [6.45, 7) is 7.89. The van der Waals surface area contributed by atoms with Crippen molar-refractivity contribution in [1.29, 1.82) is 0 Å². The van der Waals surface area contributed by atoms with Crippen molar-refractivity contribution in [2.75, 3.05) is 13.2 Å². The van der Waals surface area contributed by atoms with Crippen LogP contribution in [0.15, 0.2) is 23.3 Å². The van der Waals surface area contributed by atoms with Gasteiger partial charge in [-0.15, -0.1) is 0 Å². The summed E-state index contributed by atoms with van der Waals surface area (Å²) in [6.07, 6.45) is 4.08. The fourth-order valence-electron chi connectivity index (χ4n) is 0.941. The Kier molecular flexibility index (Phi) is 7.76. The van der Waals surface area contributed by atoms with Crippen molar-refractivity contribution in [3.8, 4) is 0 Å². The van der Waals surface area contributed by atoms with E-state index in [2.05, 4.69) is 5.32 Å². The quantitative estimate of drug-likeness (QED) is 0.438. The smallest absolute Gasteiger partial charge is 0.333 e. The molecule has 1 N–H and O–H groups in total. The average molecular weight is 239 g/mol. The number of esters is 1.